The van der Waals surface area contributed by atoms with Crippen LogP contribution in [0, 0.1) is 11.8 Å². The van der Waals surface area contributed by atoms with Gasteiger partial charge in [-0.1, -0.05) is 6.92 Å². The van der Waals surface area contributed by atoms with E-state index in [9.17, 15) is 14.0 Å². The highest BCUT2D eigenvalue weighted by Gasteiger charge is 2.44. The third-order valence-electron chi connectivity index (χ3n) is 8.50. The molecule has 0 radical (unpaired) electrons. The smallest absolute Gasteiger partial charge is 0.227 e. The summed E-state index contributed by atoms with van der Waals surface area (Å²) in [5, 5.41) is 6.09. The van der Waals surface area contributed by atoms with Crippen LogP contribution in [-0.4, -0.2) is 141 Å². The van der Waals surface area contributed by atoms with Crippen LogP contribution in [0.4, 0.5) is 8.78 Å². The number of carbonyl (C=O) groups excluding carboxylic acids is 2. The maximum atomic E-state index is 15.6. The molecule has 3 fully saturated rings. The molecule has 0 aromatic carbocycles. The second-order valence-electron chi connectivity index (χ2n) is 11.6. The number of amides is 2. The lowest BCUT2D eigenvalue weighted by molar-refractivity contribution is -0.140. The Kier molecular flexibility index (Phi) is 11.7. The number of nitrogens with two attached hydrogens (primary N) is 2. The van der Waals surface area contributed by atoms with E-state index in [1.807, 2.05) is 16.8 Å². The highest BCUT2D eigenvalue weighted by Crippen LogP contribution is 2.27. The third-order valence-corrected chi connectivity index (χ3v) is 8.50. The van der Waals surface area contributed by atoms with Gasteiger partial charge in [-0.15, -0.1) is 0 Å². The molecule has 3 heterocycles. The van der Waals surface area contributed by atoms with Gasteiger partial charge in [-0.25, -0.2) is 8.78 Å². The number of carbonyl (C=O) groups is 2. The van der Waals surface area contributed by atoms with Crippen molar-refractivity contribution in [2.75, 3.05) is 73.0 Å². The predicted octanol–water partition coefficient (Wildman–Crippen LogP) is -0.805. The average Bonchev–Trinajstić information content (AvgIpc) is 2.86. The number of nitrogens with zero attached hydrogens (tertiary/aromatic N) is 4. The SMILES string of the molecule is CCC(F)CNC(C)C(C(=O)NC1CN(C)CC(F)C1N1CCCC(C(=O)N2CCN(C)CC2)C1)C(N)N. The second-order valence-corrected chi connectivity index (χ2v) is 11.6. The number of likely N-dealkylation sites (N-methyl/N-ethyl adjacent to an activating group) is 2. The summed E-state index contributed by atoms with van der Waals surface area (Å²) in [4.78, 5) is 34.8. The molecule has 7 unspecified atom stereocenters. The first-order valence-electron chi connectivity index (χ1n) is 14.2. The number of likely N-dealkylation sites (tertiary alicyclic amines) is 2. The lowest BCUT2D eigenvalue weighted by atomic mass is 9.89. The van der Waals surface area contributed by atoms with Crippen LogP contribution in [-0.2, 0) is 9.59 Å². The molecule has 3 rings (SSSR count). The predicted molar refractivity (Wildman–Crippen MR) is 145 cm³/mol. The molecule has 3 aliphatic heterocycles. The number of rotatable bonds is 10. The Balaban J connectivity index is 1.69. The van der Waals surface area contributed by atoms with Gasteiger partial charge >= 0.3 is 0 Å². The van der Waals surface area contributed by atoms with E-state index < -0.39 is 42.6 Å². The van der Waals surface area contributed by atoms with Crippen LogP contribution < -0.4 is 22.1 Å². The van der Waals surface area contributed by atoms with Crippen LogP contribution in [0.3, 0.4) is 0 Å². The topological polar surface area (TPSA) is 123 Å². The minimum Gasteiger partial charge on any atom is -0.350 e. The summed E-state index contributed by atoms with van der Waals surface area (Å²) >= 11 is 0. The molecule has 38 heavy (non-hydrogen) atoms. The maximum absolute atomic E-state index is 15.6. The van der Waals surface area contributed by atoms with E-state index in [4.69, 9.17) is 11.5 Å². The Bertz CT molecular complexity index is 770. The van der Waals surface area contributed by atoms with E-state index in [2.05, 4.69) is 27.5 Å². The van der Waals surface area contributed by atoms with Crippen LogP contribution in [0.15, 0.2) is 0 Å². The Morgan fingerprint density at radius 1 is 1.03 bits per heavy atom. The first-order valence-corrected chi connectivity index (χ1v) is 14.2. The minimum absolute atomic E-state index is 0.103. The van der Waals surface area contributed by atoms with Gasteiger partial charge in [0.05, 0.1) is 30.1 Å². The summed E-state index contributed by atoms with van der Waals surface area (Å²) in [5.41, 5.74) is 12.0. The van der Waals surface area contributed by atoms with Gasteiger partial charge in [-0.2, -0.15) is 0 Å². The van der Waals surface area contributed by atoms with Gasteiger partial charge in [0.1, 0.15) is 12.3 Å². The highest BCUT2D eigenvalue weighted by molar-refractivity contribution is 5.80. The Morgan fingerprint density at radius 3 is 2.34 bits per heavy atom. The molecule has 0 aromatic rings. The number of hydrogen-bond acceptors (Lipinski definition) is 8. The summed E-state index contributed by atoms with van der Waals surface area (Å²) in [6, 6.07) is -1.50. The molecule has 10 nitrogen and oxygen atoms in total. The minimum atomic E-state index is -1.19. The summed E-state index contributed by atoms with van der Waals surface area (Å²) in [5.74, 6) is -1.19. The molecular formula is C26H50F2N8O2. The number of halogens is 2. The van der Waals surface area contributed by atoms with Gasteiger partial charge < -0.3 is 36.8 Å². The Morgan fingerprint density at radius 2 is 1.71 bits per heavy atom. The average molecular weight is 545 g/mol. The normalized spacial score (nSPS) is 30.7. The summed E-state index contributed by atoms with van der Waals surface area (Å²) in [7, 11) is 3.89. The van der Waals surface area contributed by atoms with Crippen molar-refractivity contribution in [3.05, 3.63) is 0 Å². The number of nitrogens with one attached hydrogen (secondary N) is 2. The third kappa shape index (κ3) is 8.04. The van der Waals surface area contributed by atoms with Crippen LogP contribution in [0.5, 0.6) is 0 Å². The van der Waals surface area contributed by atoms with Crippen molar-refractivity contribution in [3.63, 3.8) is 0 Å². The van der Waals surface area contributed by atoms with E-state index in [0.29, 0.717) is 26.1 Å². The van der Waals surface area contributed by atoms with Gasteiger partial charge in [0, 0.05) is 58.4 Å². The molecule has 12 heteroatoms. The van der Waals surface area contributed by atoms with Crippen molar-refractivity contribution < 1.29 is 18.4 Å². The molecule has 0 aromatic heterocycles. The fourth-order valence-electron chi connectivity index (χ4n) is 6.15. The molecule has 0 spiro atoms. The van der Waals surface area contributed by atoms with Crippen molar-refractivity contribution >= 4 is 11.8 Å². The molecule has 220 valence electrons. The van der Waals surface area contributed by atoms with Crippen molar-refractivity contribution in [2.45, 2.75) is 69.7 Å². The molecule has 3 saturated heterocycles. The summed E-state index contributed by atoms with van der Waals surface area (Å²) in [6.07, 6.45) is -1.20. The van der Waals surface area contributed by atoms with Crippen molar-refractivity contribution in [2.24, 2.45) is 23.3 Å². The van der Waals surface area contributed by atoms with Crippen LogP contribution in [0.1, 0.15) is 33.1 Å². The van der Waals surface area contributed by atoms with Gasteiger partial charge in [0.15, 0.2) is 0 Å². The first kappa shape index (κ1) is 31.1. The van der Waals surface area contributed by atoms with E-state index in [0.717, 1.165) is 39.0 Å². The number of piperazine rings is 1. The Labute approximate surface area is 226 Å². The molecule has 3 aliphatic rings. The van der Waals surface area contributed by atoms with Gasteiger partial charge in [-0.3, -0.25) is 14.5 Å². The molecule has 0 bridgehead atoms. The quantitative estimate of drug-likeness (QED) is 0.264. The van der Waals surface area contributed by atoms with Crippen LogP contribution in [0.25, 0.3) is 0 Å². The van der Waals surface area contributed by atoms with Gasteiger partial charge in [-0.05, 0) is 46.8 Å². The van der Waals surface area contributed by atoms with E-state index in [1.165, 1.54) is 0 Å². The van der Waals surface area contributed by atoms with Crippen molar-refractivity contribution in [1.29, 1.82) is 0 Å². The number of hydrogen-bond donors (Lipinski definition) is 4. The fourth-order valence-corrected chi connectivity index (χ4v) is 6.15. The molecule has 0 saturated carbocycles. The Hall–Kier alpha value is -1.44. The molecule has 7 atom stereocenters. The van der Waals surface area contributed by atoms with Crippen molar-refractivity contribution in [3.8, 4) is 0 Å². The van der Waals surface area contributed by atoms with Crippen LogP contribution >= 0.6 is 0 Å². The first-order chi connectivity index (χ1) is 18.0. The summed E-state index contributed by atoms with van der Waals surface area (Å²) in [6.45, 7) is 8.69. The van der Waals surface area contributed by atoms with E-state index in [1.54, 1.807) is 13.8 Å². The maximum Gasteiger partial charge on any atom is 0.227 e. The zero-order valence-corrected chi connectivity index (χ0v) is 23.6. The lowest BCUT2D eigenvalue weighted by Crippen LogP contribution is -2.68. The monoisotopic (exact) mass is 544 g/mol. The molecule has 2 amide bonds. The second kappa shape index (κ2) is 14.3. The standard InChI is InChI=1S/C26H50F2N8O2/c1-5-19(27)13-31-17(2)22(24(29)30)25(37)32-21-16-34(4)15-20(28)23(21)36-8-6-7-18(14-36)26(38)35-11-9-33(3)10-12-35/h17-24,31H,5-16,29-30H2,1-4H3,(H,32,37). The zero-order valence-electron chi connectivity index (χ0n) is 23.6. The lowest BCUT2D eigenvalue weighted by Gasteiger charge is -2.48. The van der Waals surface area contributed by atoms with Gasteiger partial charge in [0.25, 0.3) is 0 Å². The summed E-state index contributed by atoms with van der Waals surface area (Å²) < 4.78 is 29.4. The largest absolute Gasteiger partial charge is 0.350 e. The molecular weight excluding hydrogens is 494 g/mol. The number of piperidine rings is 2. The molecule has 6 N–H and O–H groups in total. The van der Waals surface area contributed by atoms with Crippen LogP contribution in [0.2, 0.25) is 0 Å². The van der Waals surface area contributed by atoms with Gasteiger partial charge in [0.2, 0.25) is 11.8 Å². The molecule has 0 aliphatic carbocycles. The van der Waals surface area contributed by atoms with E-state index >= 15 is 4.39 Å². The zero-order chi connectivity index (χ0) is 28.0. The van der Waals surface area contributed by atoms with Crippen molar-refractivity contribution in [1.82, 2.24) is 30.2 Å². The van der Waals surface area contributed by atoms with E-state index in [-0.39, 0.29) is 30.8 Å². The fraction of sp³-hybridized carbons (Fsp3) is 0.923. The highest BCUT2D eigenvalue weighted by atomic mass is 19.1. The number of alkyl halides is 2.